The van der Waals surface area contributed by atoms with Crippen LogP contribution in [-0.2, 0) is 6.42 Å². The van der Waals surface area contributed by atoms with Crippen molar-refractivity contribution in [1.82, 2.24) is 5.43 Å². The van der Waals surface area contributed by atoms with Gasteiger partial charge in [-0.3, -0.25) is 11.3 Å². The smallest absolute Gasteiger partial charge is 0.123 e. The van der Waals surface area contributed by atoms with Crippen molar-refractivity contribution in [3.05, 3.63) is 35.1 Å². The van der Waals surface area contributed by atoms with E-state index in [2.05, 4.69) is 19.3 Å². The molecule has 0 spiro atoms. The number of rotatable bonds is 6. The molecule has 0 saturated carbocycles. The lowest BCUT2D eigenvalue weighted by Crippen LogP contribution is -2.41. The van der Waals surface area contributed by atoms with Gasteiger partial charge in [0.05, 0.1) is 0 Å². The molecule has 0 bridgehead atoms. The molecule has 96 valence electrons. The van der Waals surface area contributed by atoms with E-state index >= 15 is 0 Å². The minimum absolute atomic E-state index is 0.176. The van der Waals surface area contributed by atoms with Crippen molar-refractivity contribution >= 4 is 0 Å². The fraction of sp³-hybridized carbons (Fsp3) is 0.571. The van der Waals surface area contributed by atoms with Gasteiger partial charge in [0.25, 0.3) is 0 Å². The molecule has 1 aromatic rings. The molecule has 0 saturated heterocycles. The minimum atomic E-state index is -0.176. The molecule has 1 aromatic carbocycles. The van der Waals surface area contributed by atoms with Gasteiger partial charge in [0.2, 0.25) is 0 Å². The highest BCUT2D eigenvalue weighted by Crippen LogP contribution is 2.18. The second-order valence-corrected chi connectivity index (χ2v) is 4.81. The number of hydrogen-bond acceptors (Lipinski definition) is 2. The van der Waals surface area contributed by atoms with Crippen LogP contribution in [0.5, 0.6) is 0 Å². The Labute approximate surface area is 103 Å². The standard InChI is InChI=1S/C14H23FN2/c1-4-5-10(2)14(17-16)9-12-6-7-13(15)8-11(12)3/h6-8,10,14,17H,4-5,9,16H2,1-3H3. The monoisotopic (exact) mass is 238 g/mol. The molecule has 2 nitrogen and oxygen atoms in total. The Hall–Kier alpha value is -0.930. The summed E-state index contributed by atoms with van der Waals surface area (Å²) in [6.45, 7) is 6.32. The lowest BCUT2D eigenvalue weighted by molar-refractivity contribution is 0.356. The summed E-state index contributed by atoms with van der Waals surface area (Å²) in [5.74, 6) is 5.95. The van der Waals surface area contributed by atoms with Crippen LogP contribution in [-0.4, -0.2) is 6.04 Å². The first-order valence-electron chi connectivity index (χ1n) is 6.29. The number of nitrogens with one attached hydrogen (secondary N) is 1. The summed E-state index contributed by atoms with van der Waals surface area (Å²) in [6, 6.07) is 5.20. The average Bonchev–Trinajstić information content (AvgIpc) is 2.28. The van der Waals surface area contributed by atoms with Crippen molar-refractivity contribution in [2.24, 2.45) is 11.8 Å². The van der Waals surface area contributed by atoms with E-state index in [9.17, 15) is 4.39 Å². The van der Waals surface area contributed by atoms with Crippen LogP contribution in [0.25, 0.3) is 0 Å². The lowest BCUT2D eigenvalue weighted by Gasteiger charge is -2.23. The molecule has 0 radical (unpaired) electrons. The van der Waals surface area contributed by atoms with E-state index in [0.29, 0.717) is 5.92 Å². The molecule has 0 heterocycles. The average molecular weight is 238 g/mol. The summed E-state index contributed by atoms with van der Waals surface area (Å²) in [7, 11) is 0. The van der Waals surface area contributed by atoms with E-state index < -0.39 is 0 Å². The number of hydrogen-bond donors (Lipinski definition) is 2. The van der Waals surface area contributed by atoms with E-state index in [1.54, 1.807) is 6.07 Å². The number of benzene rings is 1. The molecule has 0 aliphatic carbocycles. The van der Waals surface area contributed by atoms with Gasteiger partial charge in [-0.05, 0) is 48.9 Å². The molecular weight excluding hydrogens is 215 g/mol. The highest BCUT2D eigenvalue weighted by atomic mass is 19.1. The van der Waals surface area contributed by atoms with Crippen LogP contribution < -0.4 is 11.3 Å². The predicted octanol–water partition coefficient (Wildman–Crippen LogP) is 2.94. The molecule has 0 aliphatic heterocycles. The van der Waals surface area contributed by atoms with Crippen molar-refractivity contribution < 1.29 is 4.39 Å². The van der Waals surface area contributed by atoms with Gasteiger partial charge < -0.3 is 0 Å². The first kappa shape index (κ1) is 14.1. The van der Waals surface area contributed by atoms with Gasteiger partial charge in [-0.25, -0.2) is 4.39 Å². The van der Waals surface area contributed by atoms with E-state index in [-0.39, 0.29) is 11.9 Å². The van der Waals surface area contributed by atoms with Crippen LogP contribution in [0, 0.1) is 18.7 Å². The van der Waals surface area contributed by atoms with Gasteiger partial charge in [0, 0.05) is 6.04 Å². The Morgan fingerprint density at radius 2 is 2.12 bits per heavy atom. The molecule has 2 unspecified atom stereocenters. The van der Waals surface area contributed by atoms with Crippen LogP contribution in [0.15, 0.2) is 18.2 Å². The van der Waals surface area contributed by atoms with Gasteiger partial charge in [-0.1, -0.05) is 26.3 Å². The molecular formula is C14H23FN2. The Morgan fingerprint density at radius 3 is 2.65 bits per heavy atom. The maximum absolute atomic E-state index is 13.0. The zero-order valence-electron chi connectivity index (χ0n) is 11.0. The van der Waals surface area contributed by atoms with Gasteiger partial charge in [-0.15, -0.1) is 0 Å². The predicted molar refractivity (Wildman–Crippen MR) is 70.0 cm³/mol. The summed E-state index contributed by atoms with van der Waals surface area (Å²) < 4.78 is 13.0. The summed E-state index contributed by atoms with van der Waals surface area (Å²) in [5, 5.41) is 0. The van der Waals surface area contributed by atoms with Gasteiger partial charge in [0.15, 0.2) is 0 Å². The zero-order chi connectivity index (χ0) is 12.8. The summed E-state index contributed by atoms with van der Waals surface area (Å²) in [6.07, 6.45) is 3.15. The first-order chi connectivity index (χ1) is 8.08. The van der Waals surface area contributed by atoms with Crippen molar-refractivity contribution in [3.63, 3.8) is 0 Å². The summed E-state index contributed by atoms with van der Waals surface area (Å²) in [4.78, 5) is 0. The molecule has 0 aliphatic rings. The Balaban J connectivity index is 2.73. The molecule has 0 amide bonds. The molecule has 1 rings (SSSR count). The van der Waals surface area contributed by atoms with E-state index in [1.807, 2.05) is 13.0 Å². The van der Waals surface area contributed by atoms with Crippen LogP contribution >= 0.6 is 0 Å². The molecule has 0 fully saturated rings. The minimum Gasteiger partial charge on any atom is -0.271 e. The molecule has 17 heavy (non-hydrogen) atoms. The zero-order valence-corrected chi connectivity index (χ0v) is 11.0. The number of halogens is 1. The number of hydrazine groups is 1. The third kappa shape index (κ3) is 4.10. The number of nitrogens with two attached hydrogens (primary N) is 1. The molecule has 2 atom stereocenters. The second-order valence-electron chi connectivity index (χ2n) is 4.81. The van der Waals surface area contributed by atoms with Gasteiger partial charge in [-0.2, -0.15) is 0 Å². The van der Waals surface area contributed by atoms with E-state index in [4.69, 9.17) is 5.84 Å². The Bertz CT molecular complexity index is 352. The summed E-state index contributed by atoms with van der Waals surface area (Å²) in [5.41, 5.74) is 5.04. The van der Waals surface area contributed by atoms with Crippen LogP contribution in [0.1, 0.15) is 37.8 Å². The molecule has 3 N–H and O–H groups in total. The van der Waals surface area contributed by atoms with Crippen LogP contribution in [0.4, 0.5) is 4.39 Å². The van der Waals surface area contributed by atoms with Gasteiger partial charge >= 0.3 is 0 Å². The molecule has 0 aromatic heterocycles. The maximum Gasteiger partial charge on any atom is 0.123 e. The normalized spacial score (nSPS) is 14.6. The van der Waals surface area contributed by atoms with Crippen LogP contribution in [0.2, 0.25) is 0 Å². The highest BCUT2D eigenvalue weighted by Gasteiger charge is 2.16. The first-order valence-corrected chi connectivity index (χ1v) is 6.29. The Kier molecular flexibility index (Phi) is 5.59. The van der Waals surface area contributed by atoms with E-state index in [0.717, 1.165) is 30.4 Å². The van der Waals surface area contributed by atoms with Crippen molar-refractivity contribution in [2.45, 2.75) is 46.1 Å². The lowest BCUT2D eigenvalue weighted by atomic mass is 9.90. The van der Waals surface area contributed by atoms with E-state index in [1.165, 1.54) is 6.07 Å². The van der Waals surface area contributed by atoms with Crippen molar-refractivity contribution in [2.75, 3.05) is 0 Å². The Morgan fingerprint density at radius 1 is 1.41 bits per heavy atom. The summed E-state index contributed by atoms with van der Waals surface area (Å²) >= 11 is 0. The quantitative estimate of drug-likeness (QED) is 0.590. The third-order valence-corrected chi connectivity index (χ3v) is 3.39. The van der Waals surface area contributed by atoms with Crippen LogP contribution in [0.3, 0.4) is 0 Å². The SMILES string of the molecule is CCCC(C)C(Cc1ccc(F)cc1C)NN. The molecule has 3 heteroatoms. The largest absolute Gasteiger partial charge is 0.271 e. The second kappa shape index (κ2) is 6.72. The topological polar surface area (TPSA) is 38.0 Å². The third-order valence-electron chi connectivity index (χ3n) is 3.39. The number of aryl methyl sites for hydroxylation is 1. The highest BCUT2D eigenvalue weighted by molar-refractivity contribution is 5.27. The van der Waals surface area contributed by atoms with Gasteiger partial charge in [0.1, 0.15) is 5.82 Å². The fourth-order valence-corrected chi connectivity index (χ4v) is 2.21. The van der Waals surface area contributed by atoms with Crippen molar-refractivity contribution in [1.29, 1.82) is 0 Å². The fourth-order valence-electron chi connectivity index (χ4n) is 2.21. The maximum atomic E-state index is 13.0. The van der Waals surface area contributed by atoms with Crippen molar-refractivity contribution in [3.8, 4) is 0 Å².